The molecule has 1 heterocycles. The van der Waals surface area contributed by atoms with Crippen molar-refractivity contribution in [2.75, 3.05) is 25.6 Å². The summed E-state index contributed by atoms with van der Waals surface area (Å²) >= 11 is 1.29. The zero-order valence-electron chi connectivity index (χ0n) is 13.1. The minimum absolute atomic E-state index is 0.0899. The second-order valence-corrected chi connectivity index (χ2v) is 8.26. The molecule has 0 aromatic rings. The molecule has 2 amide bonds. The van der Waals surface area contributed by atoms with Gasteiger partial charge in [-0.25, -0.2) is 4.31 Å². The van der Waals surface area contributed by atoms with Crippen LogP contribution >= 0.6 is 11.9 Å². The van der Waals surface area contributed by atoms with Crippen molar-refractivity contribution in [2.24, 2.45) is 0 Å². The molecule has 21 heavy (non-hydrogen) atoms. The molecule has 8 heteroatoms. The number of carbonyl (C=O) groups is 2. The third-order valence-corrected chi connectivity index (χ3v) is 7.23. The first-order valence-electron chi connectivity index (χ1n) is 7.49. The van der Waals surface area contributed by atoms with Gasteiger partial charge < -0.3 is 13.3 Å². The van der Waals surface area contributed by atoms with Crippen molar-refractivity contribution >= 4 is 32.6 Å². The molecule has 0 aromatic carbocycles. The number of imide groups is 1. The van der Waals surface area contributed by atoms with Crippen LogP contribution in [0.3, 0.4) is 0 Å². The standard InChI is InChI=1S/C13H25NO5SSi/c1-4-17-21(18-5-2,19-6-3)11-7-10-20-14-12(15)8-9-13(14)16/h4-11H2,1-3H3. The second kappa shape index (κ2) is 9.57. The Kier molecular flexibility index (Phi) is 8.50. The largest absolute Gasteiger partial charge is 0.500 e. The van der Waals surface area contributed by atoms with Crippen molar-refractivity contribution in [1.82, 2.24) is 4.31 Å². The molecule has 1 rings (SSSR count). The Morgan fingerprint density at radius 2 is 1.48 bits per heavy atom. The lowest BCUT2D eigenvalue weighted by molar-refractivity contribution is -0.131. The summed E-state index contributed by atoms with van der Waals surface area (Å²) in [7, 11) is -2.61. The molecule has 0 unspecified atom stereocenters. The van der Waals surface area contributed by atoms with Gasteiger partial charge in [-0.15, -0.1) is 0 Å². The van der Waals surface area contributed by atoms with Gasteiger partial charge in [0.2, 0.25) is 11.8 Å². The lowest BCUT2D eigenvalue weighted by Gasteiger charge is -2.28. The van der Waals surface area contributed by atoms with Crippen molar-refractivity contribution in [3.05, 3.63) is 0 Å². The minimum Gasteiger partial charge on any atom is -0.374 e. The quantitative estimate of drug-likeness (QED) is 0.250. The number of hydrogen-bond donors (Lipinski definition) is 0. The van der Waals surface area contributed by atoms with E-state index in [2.05, 4.69) is 0 Å². The van der Waals surface area contributed by atoms with Crippen molar-refractivity contribution in [3.8, 4) is 0 Å². The lowest BCUT2D eigenvalue weighted by atomic mass is 10.4. The molecule has 0 spiro atoms. The Morgan fingerprint density at radius 1 is 1.00 bits per heavy atom. The van der Waals surface area contributed by atoms with Crippen LogP contribution in [-0.4, -0.2) is 50.5 Å². The maximum absolute atomic E-state index is 11.5. The molecule has 122 valence electrons. The molecule has 0 bridgehead atoms. The Balaban J connectivity index is 2.41. The highest BCUT2D eigenvalue weighted by Gasteiger charge is 2.40. The van der Waals surface area contributed by atoms with Crippen LogP contribution in [0.4, 0.5) is 0 Å². The maximum Gasteiger partial charge on any atom is 0.500 e. The topological polar surface area (TPSA) is 65.1 Å². The van der Waals surface area contributed by atoms with Crippen LogP contribution in [0.5, 0.6) is 0 Å². The van der Waals surface area contributed by atoms with Gasteiger partial charge in [0.25, 0.3) is 0 Å². The van der Waals surface area contributed by atoms with E-state index in [1.165, 1.54) is 16.3 Å². The third-order valence-electron chi connectivity index (χ3n) is 2.95. The molecule has 0 saturated carbocycles. The van der Waals surface area contributed by atoms with E-state index < -0.39 is 8.80 Å². The lowest BCUT2D eigenvalue weighted by Crippen LogP contribution is -2.46. The number of carbonyl (C=O) groups excluding carboxylic acids is 2. The van der Waals surface area contributed by atoms with Crippen LogP contribution in [0.2, 0.25) is 6.04 Å². The molecule has 1 aliphatic heterocycles. The van der Waals surface area contributed by atoms with Crippen LogP contribution in [0.25, 0.3) is 0 Å². The highest BCUT2D eigenvalue weighted by Crippen LogP contribution is 2.25. The van der Waals surface area contributed by atoms with E-state index in [-0.39, 0.29) is 11.8 Å². The molecule has 0 aromatic heterocycles. The SMILES string of the molecule is CCO[Si](CCCSN1C(=O)CCC1=O)(OCC)OCC. The van der Waals surface area contributed by atoms with E-state index in [4.69, 9.17) is 13.3 Å². The van der Waals surface area contributed by atoms with Gasteiger partial charge in [-0.2, -0.15) is 0 Å². The Labute approximate surface area is 132 Å². The predicted molar refractivity (Wildman–Crippen MR) is 83.6 cm³/mol. The van der Waals surface area contributed by atoms with E-state index in [1.54, 1.807) is 0 Å². The first kappa shape index (κ1) is 18.6. The Morgan fingerprint density at radius 3 is 1.90 bits per heavy atom. The monoisotopic (exact) mass is 335 g/mol. The van der Waals surface area contributed by atoms with Crippen molar-refractivity contribution in [3.63, 3.8) is 0 Å². The van der Waals surface area contributed by atoms with Crippen LogP contribution in [0.1, 0.15) is 40.0 Å². The normalized spacial score (nSPS) is 16.0. The second-order valence-electron chi connectivity index (χ2n) is 4.50. The summed E-state index contributed by atoms with van der Waals surface area (Å²) in [6.07, 6.45) is 1.46. The number of hydrogen-bond acceptors (Lipinski definition) is 6. The Bertz CT molecular complexity index is 322. The van der Waals surface area contributed by atoms with Crippen molar-refractivity contribution < 1.29 is 22.9 Å². The molecule has 0 N–H and O–H groups in total. The molecule has 1 aliphatic rings. The summed E-state index contributed by atoms with van der Waals surface area (Å²) in [5, 5.41) is 0. The molecular formula is C13H25NO5SSi. The average molecular weight is 335 g/mol. The predicted octanol–water partition coefficient (Wildman–Crippen LogP) is 2.22. The van der Waals surface area contributed by atoms with Crippen LogP contribution in [0, 0.1) is 0 Å². The number of rotatable bonds is 11. The van der Waals surface area contributed by atoms with Gasteiger partial charge in [0.15, 0.2) is 0 Å². The summed E-state index contributed by atoms with van der Waals surface area (Å²) < 4.78 is 18.6. The molecule has 1 fully saturated rings. The zero-order valence-corrected chi connectivity index (χ0v) is 14.9. The van der Waals surface area contributed by atoms with E-state index >= 15 is 0 Å². The van der Waals surface area contributed by atoms with E-state index in [9.17, 15) is 9.59 Å². The average Bonchev–Trinajstić information content (AvgIpc) is 2.76. The van der Waals surface area contributed by atoms with Gasteiger partial charge in [-0.3, -0.25) is 9.59 Å². The molecule has 6 nitrogen and oxygen atoms in total. The van der Waals surface area contributed by atoms with Gasteiger partial charge in [0.05, 0.1) is 0 Å². The van der Waals surface area contributed by atoms with E-state index in [0.29, 0.717) is 44.5 Å². The highest BCUT2D eigenvalue weighted by atomic mass is 32.2. The highest BCUT2D eigenvalue weighted by molar-refractivity contribution is 7.98. The molecule has 1 saturated heterocycles. The fourth-order valence-electron chi connectivity index (χ4n) is 2.15. The zero-order chi connectivity index (χ0) is 15.7. The van der Waals surface area contributed by atoms with Crippen molar-refractivity contribution in [1.29, 1.82) is 0 Å². The molecule has 0 atom stereocenters. The summed E-state index contributed by atoms with van der Waals surface area (Å²) in [6, 6.07) is 0.700. The van der Waals surface area contributed by atoms with Gasteiger partial charge in [0, 0.05) is 44.5 Å². The van der Waals surface area contributed by atoms with Gasteiger partial charge in [0.1, 0.15) is 0 Å². The van der Waals surface area contributed by atoms with Gasteiger partial charge in [-0.1, -0.05) is 0 Å². The summed E-state index contributed by atoms with van der Waals surface area (Å²) in [5.74, 6) is 0.500. The Hall–Kier alpha value is -0.413. The minimum atomic E-state index is -2.61. The molecule has 0 aliphatic carbocycles. The fourth-order valence-corrected chi connectivity index (χ4v) is 5.94. The van der Waals surface area contributed by atoms with Crippen LogP contribution in [-0.2, 0) is 22.9 Å². The first-order chi connectivity index (χ1) is 10.1. The maximum atomic E-state index is 11.5. The van der Waals surface area contributed by atoms with E-state index in [1.807, 2.05) is 20.8 Å². The number of amides is 2. The van der Waals surface area contributed by atoms with Gasteiger partial charge in [-0.05, 0) is 39.1 Å². The third kappa shape index (κ3) is 5.71. The number of nitrogens with zero attached hydrogens (tertiary/aromatic N) is 1. The molecular weight excluding hydrogens is 310 g/mol. The van der Waals surface area contributed by atoms with Crippen LogP contribution < -0.4 is 0 Å². The smallest absolute Gasteiger partial charge is 0.374 e. The van der Waals surface area contributed by atoms with Crippen LogP contribution in [0.15, 0.2) is 0 Å². The van der Waals surface area contributed by atoms with Crippen molar-refractivity contribution in [2.45, 2.75) is 46.1 Å². The summed E-state index contributed by atoms with van der Waals surface area (Å²) in [4.78, 5) is 23.0. The molecule has 0 radical (unpaired) electrons. The van der Waals surface area contributed by atoms with Gasteiger partial charge >= 0.3 is 8.80 Å². The summed E-state index contributed by atoms with van der Waals surface area (Å²) in [6.45, 7) is 7.45. The fraction of sp³-hybridized carbons (Fsp3) is 0.846. The summed E-state index contributed by atoms with van der Waals surface area (Å²) in [5.41, 5.74) is 0. The van der Waals surface area contributed by atoms with E-state index in [0.717, 1.165) is 6.42 Å². The first-order valence-corrected chi connectivity index (χ1v) is 10.4.